The standard InChI is InChI=1S/C22H13N3O3/c1-25-21(27)14-7-4-6-12-16(14)18(22(25)28)17(13-8-5-11-24-19(12)13)20(26)15-9-2-3-10-23-15/h2-11H,1H3. The SMILES string of the molecule is CN1C(=O)c2cccc3c2c(c(C(=O)c2ccccn2)c2cccnc23)C1=O. The molecule has 0 fully saturated rings. The van der Waals surface area contributed by atoms with Crippen molar-refractivity contribution in [1.82, 2.24) is 14.9 Å². The molecule has 3 heterocycles. The lowest BCUT2D eigenvalue weighted by atomic mass is 9.85. The number of pyridine rings is 2. The molecule has 6 nitrogen and oxygen atoms in total. The van der Waals surface area contributed by atoms with Gasteiger partial charge < -0.3 is 0 Å². The summed E-state index contributed by atoms with van der Waals surface area (Å²) in [5, 5.41) is 1.71. The van der Waals surface area contributed by atoms with Crippen LogP contribution < -0.4 is 0 Å². The molecule has 0 spiro atoms. The van der Waals surface area contributed by atoms with Gasteiger partial charge >= 0.3 is 0 Å². The van der Waals surface area contributed by atoms with Crippen LogP contribution in [0.25, 0.3) is 21.7 Å². The number of hydrogen-bond donors (Lipinski definition) is 0. The predicted molar refractivity (Wildman–Crippen MR) is 103 cm³/mol. The zero-order valence-electron chi connectivity index (χ0n) is 14.8. The summed E-state index contributed by atoms with van der Waals surface area (Å²) in [5.74, 6) is -1.27. The van der Waals surface area contributed by atoms with Crippen molar-refractivity contribution < 1.29 is 14.4 Å². The van der Waals surface area contributed by atoms with Gasteiger partial charge in [-0.15, -0.1) is 0 Å². The Morgan fingerprint density at radius 1 is 0.857 bits per heavy atom. The van der Waals surface area contributed by atoms with Crippen molar-refractivity contribution in [2.45, 2.75) is 0 Å². The number of aromatic nitrogens is 2. The van der Waals surface area contributed by atoms with Crippen LogP contribution in [0.2, 0.25) is 0 Å². The first-order valence-electron chi connectivity index (χ1n) is 8.71. The van der Waals surface area contributed by atoms with Gasteiger partial charge in [0.05, 0.1) is 11.1 Å². The lowest BCUT2D eigenvalue weighted by molar-refractivity contribution is 0.0648. The van der Waals surface area contributed by atoms with Gasteiger partial charge in [0.2, 0.25) is 5.78 Å². The lowest BCUT2D eigenvalue weighted by Gasteiger charge is -2.26. The number of carbonyl (C=O) groups excluding carboxylic acids is 3. The summed E-state index contributed by atoms with van der Waals surface area (Å²) < 4.78 is 0. The summed E-state index contributed by atoms with van der Waals surface area (Å²) in [4.78, 5) is 48.9. The van der Waals surface area contributed by atoms with Crippen molar-refractivity contribution in [2.75, 3.05) is 7.05 Å². The Labute approximate surface area is 159 Å². The molecule has 0 radical (unpaired) electrons. The Morgan fingerprint density at radius 3 is 2.43 bits per heavy atom. The molecule has 5 rings (SSSR count). The fourth-order valence-electron chi connectivity index (χ4n) is 3.79. The van der Waals surface area contributed by atoms with E-state index in [1.807, 2.05) is 6.07 Å². The second-order valence-electron chi connectivity index (χ2n) is 6.59. The molecule has 28 heavy (non-hydrogen) atoms. The van der Waals surface area contributed by atoms with Crippen molar-refractivity contribution in [3.8, 4) is 0 Å². The van der Waals surface area contributed by atoms with Gasteiger partial charge in [0.25, 0.3) is 11.8 Å². The molecule has 0 saturated carbocycles. The van der Waals surface area contributed by atoms with E-state index in [4.69, 9.17) is 0 Å². The van der Waals surface area contributed by atoms with Crippen molar-refractivity contribution in [1.29, 1.82) is 0 Å². The molecule has 134 valence electrons. The van der Waals surface area contributed by atoms with Crippen molar-refractivity contribution in [2.24, 2.45) is 0 Å². The van der Waals surface area contributed by atoms with Gasteiger partial charge in [0, 0.05) is 46.7 Å². The Balaban J connectivity index is 2.02. The van der Waals surface area contributed by atoms with Crippen molar-refractivity contribution >= 4 is 39.3 Å². The zero-order chi connectivity index (χ0) is 19.4. The highest BCUT2D eigenvalue weighted by Crippen LogP contribution is 2.38. The number of benzene rings is 2. The summed E-state index contributed by atoms with van der Waals surface area (Å²) in [6.45, 7) is 0. The predicted octanol–water partition coefficient (Wildman–Crippen LogP) is 3.24. The van der Waals surface area contributed by atoms with Crippen LogP contribution in [0.15, 0.2) is 60.9 Å². The molecule has 1 aliphatic heterocycles. The third-order valence-corrected chi connectivity index (χ3v) is 5.07. The first-order chi connectivity index (χ1) is 13.6. The fraction of sp³-hybridized carbons (Fsp3) is 0.0455. The zero-order valence-corrected chi connectivity index (χ0v) is 14.8. The summed E-state index contributed by atoms with van der Waals surface area (Å²) >= 11 is 0. The van der Waals surface area contributed by atoms with E-state index in [2.05, 4.69) is 9.97 Å². The number of hydrogen-bond acceptors (Lipinski definition) is 5. The molecule has 0 saturated heterocycles. The molecule has 1 aliphatic rings. The first-order valence-corrected chi connectivity index (χ1v) is 8.71. The summed E-state index contributed by atoms with van der Waals surface area (Å²) in [7, 11) is 1.43. The largest absolute Gasteiger partial charge is 0.287 e. The summed E-state index contributed by atoms with van der Waals surface area (Å²) in [6, 6.07) is 13.8. The van der Waals surface area contributed by atoms with E-state index < -0.39 is 11.8 Å². The van der Waals surface area contributed by atoms with E-state index in [-0.39, 0.29) is 22.6 Å². The number of carbonyl (C=O) groups is 3. The molecule has 0 N–H and O–H groups in total. The van der Waals surface area contributed by atoms with Crippen LogP contribution in [0.5, 0.6) is 0 Å². The third-order valence-electron chi connectivity index (χ3n) is 5.07. The average molecular weight is 367 g/mol. The molecule has 4 aromatic rings. The quantitative estimate of drug-likeness (QED) is 0.309. The van der Waals surface area contributed by atoms with Gasteiger partial charge in [-0.1, -0.05) is 24.3 Å². The second kappa shape index (κ2) is 5.79. The number of rotatable bonds is 2. The molecule has 0 unspecified atom stereocenters. The minimum absolute atomic E-state index is 0.226. The van der Waals surface area contributed by atoms with Crippen LogP contribution in [-0.4, -0.2) is 39.5 Å². The molecule has 2 aromatic carbocycles. The molecule has 0 aliphatic carbocycles. The average Bonchev–Trinajstić information content (AvgIpc) is 2.75. The molecular formula is C22H13N3O3. The van der Waals surface area contributed by atoms with E-state index in [1.165, 1.54) is 13.2 Å². The van der Waals surface area contributed by atoms with Crippen LogP contribution in [0.3, 0.4) is 0 Å². The number of fused-ring (bicyclic) bond motifs is 2. The maximum Gasteiger partial charge on any atom is 0.261 e. The van der Waals surface area contributed by atoms with E-state index >= 15 is 0 Å². The summed E-state index contributed by atoms with van der Waals surface area (Å²) in [6.07, 6.45) is 3.16. The number of imide groups is 1. The fourth-order valence-corrected chi connectivity index (χ4v) is 3.79. The van der Waals surface area contributed by atoms with Gasteiger partial charge in [-0.2, -0.15) is 0 Å². The van der Waals surface area contributed by atoms with E-state index in [1.54, 1.807) is 48.7 Å². The van der Waals surface area contributed by atoms with Crippen LogP contribution in [0.1, 0.15) is 36.8 Å². The van der Waals surface area contributed by atoms with Crippen LogP contribution in [0.4, 0.5) is 0 Å². The highest BCUT2D eigenvalue weighted by Gasteiger charge is 2.36. The van der Waals surface area contributed by atoms with Crippen LogP contribution >= 0.6 is 0 Å². The normalized spacial score (nSPS) is 13.4. The van der Waals surface area contributed by atoms with Gasteiger partial charge in [-0.25, -0.2) is 0 Å². The summed E-state index contributed by atoms with van der Waals surface area (Å²) in [5.41, 5.74) is 1.65. The van der Waals surface area contributed by atoms with Gasteiger partial charge in [0.1, 0.15) is 5.69 Å². The van der Waals surface area contributed by atoms with Gasteiger partial charge in [-0.05, 0) is 24.3 Å². The smallest absolute Gasteiger partial charge is 0.261 e. The number of nitrogens with zero attached hydrogens (tertiary/aromatic N) is 3. The van der Waals surface area contributed by atoms with E-state index in [9.17, 15) is 14.4 Å². The maximum atomic E-state index is 13.4. The Bertz CT molecular complexity index is 1330. The van der Waals surface area contributed by atoms with Gasteiger partial charge in [-0.3, -0.25) is 29.3 Å². The Hall–Kier alpha value is -3.93. The molecule has 2 amide bonds. The third kappa shape index (κ3) is 2.05. The Kier molecular flexibility index (Phi) is 3.36. The topological polar surface area (TPSA) is 80.2 Å². The van der Waals surface area contributed by atoms with Crippen molar-refractivity contribution in [3.63, 3.8) is 0 Å². The van der Waals surface area contributed by atoms with Crippen LogP contribution in [0, 0.1) is 0 Å². The number of ketones is 1. The number of amides is 2. The highest BCUT2D eigenvalue weighted by atomic mass is 16.2. The minimum atomic E-state index is -0.501. The van der Waals surface area contributed by atoms with E-state index in [0.29, 0.717) is 27.2 Å². The van der Waals surface area contributed by atoms with E-state index in [0.717, 1.165) is 4.90 Å². The van der Waals surface area contributed by atoms with Crippen molar-refractivity contribution in [3.05, 3.63) is 83.3 Å². The molecule has 6 heteroatoms. The highest BCUT2D eigenvalue weighted by molar-refractivity contribution is 6.35. The Morgan fingerprint density at radius 2 is 1.64 bits per heavy atom. The molecule has 0 atom stereocenters. The molecular weight excluding hydrogens is 354 g/mol. The first kappa shape index (κ1) is 16.3. The second-order valence-corrected chi connectivity index (χ2v) is 6.59. The minimum Gasteiger partial charge on any atom is -0.287 e. The lowest BCUT2D eigenvalue weighted by Crippen LogP contribution is -2.38. The van der Waals surface area contributed by atoms with Crippen LogP contribution in [-0.2, 0) is 0 Å². The monoisotopic (exact) mass is 367 g/mol. The molecule has 0 bridgehead atoms. The van der Waals surface area contributed by atoms with Gasteiger partial charge in [0.15, 0.2) is 0 Å². The molecule has 2 aromatic heterocycles. The maximum absolute atomic E-state index is 13.4.